The first-order valence-electron chi connectivity index (χ1n) is 9.77. The Morgan fingerprint density at radius 1 is 1.03 bits per heavy atom. The van der Waals surface area contributed by atoms with Gasteiger partial charge in [0.15, 0.2) is 0 Å². The third-order valence-corrected chi connectivity index (χ3v) is 5.58. The van der Waals surface area contributed by atoms with Gasteiger partial charge < -0.3 is 0 Å². The smallest absolute Gasteiger partial charge is 0.141 e. The fourth-order valence-corrected chi connectivity index (χ4v) is 3.99. The van der Waals surface area contributed by atoms with Crippen molar-refractivity contribution in [3.63, 3.8) is 0 Å². The number of fused-ring (bicyclic) bond motifs is 2. The molecule has 0 unspecified atom stereocenters. The first-order valence-corrected chi connectivity index (χ1v) is 10.1. The van der Waals surface area contributed by atoms with Crippen molar-refractivity contribution in [2.24, 2.45) is 0 Å². The zero-order chi connectivity index (χ0) is 21.7. The van der Waals surface area contributed by atoms with Crippen molar-refractivity contribution in [1.82, 2.24) is 40.0 Å². The van der Waals surface area contributed by atoms with Gasteiger partial charge in [-0.15, -0.1) is 5.10 Å². The molecule has 0 spiro atoms. The highest BCUT2D eigenvalue weighted by atomic mass is 35.5. The summed E-state index contributed by atoms with van der Waals surface area (Å²) in [6, 6.07) is 14.6. The number of halogens is 2. The molecule has 4 heterocycles. The molecule has 0 radical (unpaired) electrons. The Balaban J connectivity index is 1.45. The van der Waals surface area contributed by atoms with E-state index in [0.29, 0.717) is 22.8 Å². The van der Waals surface area contributed by atoms with E-state index in [4.69, 9.17) is 11.6 Å². The predicted octanol–water partition coefficient (Wildman–Crippen LogP) is 4.40. The van der Waals surface area contributed by atoms with Gasteiger partial charge in [0.25, 0.3) is 0 Å². The Labute approximate surface area is 185 Å². The van der Waals surface area contributed by atoms with Gasteiger partial charge in [0, 0.05) is 17.1 Å². The Kier molecular flexibility index (Phi) is 4.22. The highest BCUT2D eigenvalue weighted by molar-refractivity contribution is 6.35. The van der Waals surface area contributed by atoms with Crippen molar-refractivity contribution in [1.29, 1.82) is 0 Å². The summed E-state index contributed by atoms with van der Waals surface area (Å²) in [7, 11) is 0. The number of hydrogen-bond donors (Lipinski definition) is 1. The number of nitrogens with zero attached hydrogens (tertiary/aromatic N) is 7. The third kappa shape index (κ3) is 3.10. The van der Waals surface area contributed by atoms with E-state index in [2.05, 4.69) is 30.6 Å². The van der Waals surface area contributed by atoms with Gasteiger partial charge in [-0.3, -0.25) is 14.8 Å². The van der Waals surface area contributed by atoms with Gasteiger partial charge in [0.2, 0.25) is 0 Å². The molecular weight excluding hydrogens is 431 g/mol. The normalized spacial score (nSPS) is 11.6. The summed E-state index contributed by atoms with van der Waals surface area (Å²) in [4.78, 5) is 4.13. The molecule has 32 heavy (non-hydrogen) atoms. The molecule has 0 saturated heterocycles. The summed E-state index contributed by atoms with van der Waals surface area (Å²) in [6.45, 7) is 0.395. The van der Waals surface area contributed by atoms with Crippen molar-refractivity contribution >= 4 is 33.5 Å². The van der Waals surface area contributed by atoms with Crippen LogP contribution in [0, 0.1) is 5.82 Å². The zero-order valence-corrected chi connectivity index (χ0v) is 17.2. The molecular formula is C22H14ClFN8. The molecule has 0 atom stereocenters. The summed E-state index contributed by atoms with van der Waals surface area (Å²) >= 11 is 6.57. The molecule has 8 nitrogen and oxygen atoms in total. The maximum atomic E-state index is 13.2. The van der Waals surface area contributed by atoms with E-state index >= 15 is 0 Å². The molecule has 0 saturated carbocycles. The van der Waals surface area contributed by atoms with Crippen LogP contribution in [0.25, 0.3) is 38.9 Å². The second-order valence-corrected chi connectivity index (χ2v) is 7.72. The van der Waals surface area contributed by atoms with Crippen LogP contribution in [0.15, 0.2) is 67.1 Å². The summed E-state index contributed by atoms with van der Waals surface area (Å²) in [5.74, 6) is -0.374. The molecule has 0 fully saturated rings. The topological polar surface area (TPSA) is 90.1 Å². The lowest BCUT2D eigenvalue weighted by molar-refractivity contribution is 0.613. The molecule has 0 aliphatic carbocycles. The van der Waals surface area contributed by atoms with Crippen molar-refractivity contribution in [2.45, 2.75) is 6.54 Å². The Morgan fingerprint density at radius 3 is 2.84 bits per heavy atom. The summed E-state index contributed by atoms with van der Waals surface area (Å²) in [5, 5.41) is 21.5. The zero-order valence-electron chi connectivity index (χ0n) is 16.4. The van der Waals surface area contributed by atoms with Gasteiger partial charge in [-0.2, -0.15) is 10.2 Å². The number of rotatable bonds is 4. The van der Waals surface area contributed by atoms with Crippen LogP contribution in [0.1, 0.15) is 5.69 Å². The van der Waals surface area contributed by atoms with E-state index in [9.17, 15) is 4.39 Å². The monoisotopic (exact) mass is 444 g/mol. The highest BCUT2D eigenvalue weighted by Gasteiger charge is 2.15. The second kappa shape index (κ2) is 7.24. The SMILES string of the molecule is Fc1ccc(Cn2nccc2-c2cc(Cl)c3nnn(-c4ccc5cn[nH]c5c4)c3c2)nc1. The van der Waals surface area contributed by atoms with Gasteiger partial charge >= 0.3 is 0 Å². The molecule has 0 aliphatic heterocycles. The Bertz CT molecular complexity index is 1580. The van der Waals surface area contributed by atoms with Crippen molar-refractivity contribution < 1.29 is 4.39 Å². The van der Waals surface area contributed by atoms with Gasteiger partial charge in [-0.25, -0.2) is 9.07 Å². The number of nitrogens with one attached hydrogen (secondary N) is 1. The van der Waals surface area contributed by atoms with E-state index in [1.165, 1.54) is 12.3 Å². The molecule has 6 rings (SSSR count). The minimum absolute atomic E-state index is 0.374. The van der Waals surface area contributed by atoms with Crippen LogP contribution in [0.2, 0.25) is 5.02 Å². The first kappa shape index (κ1) is 18.6. The quantitative estimate of drug-likeness (QED) is 0.435. The average Bonchev–Trinajstić information content (AvgIpc) is 3.54. The molecule has 1 N–H and O–H groups in total. The standard InChI is InChI=1S/C22H14ClFN8/c23-18-7-14(20-5-6-27-31(20)12-16-3-2-15(24)11-25-16)8-21-22(18)29-30-32(21)17-4-1-13-10-26-28-19(13)9-17/h1-11H,12H2,(H,26,28). The summed E-state index contributed by atoms with van der Waals surface area (Å²) in [6.07, 6.45) is 4.67. The maximum Gasteiger partial charge on any atom is 0.141 e. The van der Waals surface area contributed by atoms with Crippen LogP contribution >= 0.6 is 11.6 Å². The number of pyridine rings is 1. The van der Waals surface area contributed by atoms with E-state index in [0.717, 1.165) is 33.4 Å². The molecule has 0 aliphatic rings. The Morgan fingerprint density at radius 2 is 1.97 bits per heavy atom. The molecule has 0 amide bonds. The number of aromatic nitrogens is 8. The van der Waals surface area contributed by atoms with Crippen LogP contribution in [-0.2, 0) is 6.54 Å². The van der Waals surface area contributed by atoms with Crippen LogP contribution in [-0.4, -0.2) is 40.0 Å². The lowest BCUT2D eigenvalue weighted by Gasteiger charge is -2.09. The van der Waals surface area contributed by atoms with E-state index in [-0.39, 0.29) is 5.82 Å². The van der Waals surface area contributed by atoms with E-state index in [1.54, 1.807) is 27.8 Å². The lowest BCUT2D eigenvalue weighted by Crippen LogP contribution is -2.05. The highest BCUT2D eigenvalue weighted by Crippen LogP contribution is 2.31. The van der Waals surface area contributed by atoms with Gasteiger partial charge in [0.05, 0.1) is 52.1 Å². The van der Waals surface area contributed by atoms with Gasteiger partial charge in [0.1, 0.15) is 11.3 Å². The number of benzene rings is 2. The lowest BCUT2D eigenvalue weighted by atomic mass is 10.1. The average molecular weight is 445 g/mol. The van der Waals surface area contributed by atoms with Crippen molar-refractivity contribution in [2.75, 3.05) is 0 Å². The minimum Gasteiger partial charge on any atom is -0.278 e. The van der Waals surface area contributed by atoms with E-state index in [1.807, 2.05) is 36.4 Å². The van der Waals surface area contributed by atoms with Gasteiger partial charge in [-0.05, 0) is 48.5 Å². The molecule has 10 heteroatoms. The number of aromatic amines is 1. The van der Waals surface area contributed by atoms with Gasteiger partial charge in [-0.1, -0.05) is 16.8 Å². The van der Waals surface area contributed by atoms with E-state index < -0.39 is 0 Å². The van der Waals surface area contributed by atoms with Crippen LogP contribution < -0.4 is 0 Å². The maximum absolute atomic E-state index is 13.2. The van der Waals surface area contributed by atoms with Crippen LogP contribution in [0.5, 0.6) is 0 Å². The van der Waals surface area contributed by atoms with Crippen LogP contribution in [0.4, 0.5) is 4.39 Å². The third-order valence-electron chi connectivity index (χ3n) is 5.29. The first-order chi connectivity index (χ1) is 15.7. The molecule has 156 valence electrons. The fraction of sp³-hybridized carbons (Fsp3) is 0.0455. The second-order valence-electron chi connectivity index (χ2n) is 7.31. The predicted molar refractivity (Wildman–Crippen MR) is 118 cm³/mol. The summed E-state index contributed by atoms with van der Waals surface area (Å²) < 4.78 is 16.7. The number of hydrogen-bond acceptors (Lipinski definition) is 5. The van der Waals surface area contributed by atoms with Crippen LogP contribution in [0.3, 0.4) is 0 Å². The van der Waals surface area contributed by atoms with Crippen molar-refractivity contribution in [3.8, 4) is 16.9 Å². The molecule has 4 aromatic heterocycles. The fourth-order valence-electron chi connectivity index (χ4n) is 3.74. The largest absolute Gasteiger partial charge is 0.278 e. The molecule has 2 aromatic carbocycles. The number of H-pyrrole nitrogens is 1. The summed E-state index contributed by atoms with van der Waals surface area (Å²) in [5.41, 5.74) is 5.50. The minimum atomic E-state index is -0.374. The molecule has 0 bridgehead atoms. The molecule has 6 aromatic rings. The Hall–Kier alpha value is -4.11. The van der Waals surface area contributed by atoms with Crippen molar-refractivity contribution in [3.05, 3.63) is 83.7 Å².